The molecule has 5 N–H and O–H groups in total. The van der Waals surface area contributed by atoms with Crippen molar-refractivity contribution in [3.05, 3.63) is 29.8 Å². The van der Waals surface area contributed by atoms with Crippen LogP contribution in [0.3, 0.4) is 0 Å². The fourth-order valence-corrected chi connectivity index (χ4v) is 0.871. The largest absolute Gasteiger partial charge is 0.508 e. The number of rotatable bonds is 3. The highest BCUT2D eigenvalue weighted by Gasteiger charge is 2.06. The van der Waals surface area contributed by atoms with Gasteiger partial charge >= 0.3 is 5.97 Å². The van der Waals surface area contributed by atoms with E-state index in [1.54, 1.807) is 0 Å². The van der Waals surface area contributed by atoms with Gasteiger partial charge in [0.2, 0.25) is 0 Å². The van der Waals surface area contributed by atoms with Crippen LogP contribution in [0.5, 0.6) is 5.75 Å². The quantitative estimate of drug-likeness (QED) is 0.620. The van der Waals surface area contributed by atoms with Crippen LogP contribution in [0, 0.1) is 0 Å². The Morgan fingerprint density at radius 3 is 2.20 bits per heavy atom. The lowest BCUT2D eigenvalue weighted by Crippen LogP contribution is -2.29. The van der Waals surface area contributed by atoms with Crippen LogP contribution < -0.4 is 5.32 Å². The number of carbonyl (C=O) groups excluding carboxylic acids is 1. The number of carbonyl (C=O) groups is 2. The van der Waals surface area contributed by atoms with Crippen molar-refractivity contribution in [2.24, 2.45) is 0 Å². The molecular formula is C9H11NO5. The molecule has 0 spiro atoms. The smallest absolute Gasteiger partial charge is 0.322 e. The summed E-state index contributed by atoms with van der Waals surface area (Å²) in [7, 11) is 0. The summed E-state index contributed by atoms with van der Waals surface area (Å²) in [5, 5.41) is 19.4. The maximum Gasteiger partial charge on any atom is 0.322 e. The average molecular weight is 213 g/mol. The minimum atomic E-state index is -1.10. The molecule has 0 aliphatic rings. The zero-order valence-electron chi connectivity index (χ0n) is 7.73. The molecule has 0 aliphatic carbocycles. The Labute approximate surface area is 85.5 Å². The summed E-state index contributed by atoms with van der Waals surface area (Å²) in [6, 6.07) is 5.53. The monoisotopic (exact) mass is 213 g/mol. The molecule has 0 fully saturated rings. The molecule has 0 atom stereocenters. The normalized spacial score (nSPS) is 8.80. The Morgan fingerprint density at radius 1 is 1.20 bits per heavy atom. The third-order valence-electron chi connectivity index (χ3n) is 1.53. The highest BCUT2D eigenvalue weighted by Crippen LogP contribution is 2.08. The Morgan fingerprint density at radius 2 is 1.73 bits per heavy atom. The highest BCUT2D eigenvalue weighted by atomic mass is 16.4. The molecule has 0 radical (unpaired) electrons. The first-order valence-corrected chi connectivity index (χ1v) is 3.88. The van der Waals surface area contributed by atoms with Crippen LogP contribution in [0.1, 0.15) is 10.4 Å². The van der Waals surface area contributed by atoms with Crippen molar-refractivity contribution in [3.8, 4) is 5.75 Å². The molecule has 1 rings (SSSR count). The minimum absolute atomic E-state index is 0. The number of amides is 1. The lowest BCUT2D eigenvalue weighted by atomic mass is 10.2. The van der Waals surface area contributed by atoms with Crippen LogP contribution in [0.2, 0.25) is 0 Å². The molecule has 0 unspecified atom stereocenters. The number of aliphatic carboxylic acids is 1. The molecule has 15 heavy (non-hydrogen) atoms. The van der Waals surface area contributed by atoms with E-state index < -0.39 is 18.4 Å². The molecular weight excluding hydrogens is 202 g/mol. The molecule has 1 aromatic rings. The van der Waals surface area contributed by atoms with Crippen molar-refractivity contribution in [2.75, 3.05) is 6.54 Å². The van der Waals surface area contributed by atoms with Gasteiger partial charge in [-0.3, -0.25) is 9.59 Å². The van der Waals surface area contributed by atoms with Gasteiger partial charge in [0, 0.05) is 5.56 Å². The van der Waals surface area contributed by atoms with E-state index in [9.17, 15) is 9.59 Å². The second-order valence-electron chi connectivity index (χ2n) is 2.62. The summed E-state index contributed by atoms with van der Waals surface area (Å²) in [4.78, 5) is 21.3. The predicted molar refractivity (Wildman–Crippen MR) is 51.7 cm³/mol. The molecule has 6 nitrogen and oxygen atoms in total. The van der Waals surface area contributed by atoms with E-state index in [0.717, 1.165) is 0 Å². The number of carboxylic acids is 1. The standard InChI is InChI=1S/C9H9NO4.H2O/c11-7-3-1-6(2-4-7)9(14)10-5-8(12)13;/h1-4,11H,5H2,(H,10,14)(H,12,13);1H2. The fraction of sp³-hybridized carbons (Fsp3) is 0.111. The maximum absolute atomic E-state index is 11.2. The van der Waals surface area contributed by atoms with E-state index in [1.807, 2.05) is 0 Å². The number of phenolic OH excluding ortho intramolecular Hbond substituents is 1. The number of benzene rings is 1. The van der Waals surface area contributed by atoms with E-state index in [-0.39, 0.29) is 11.2 Å². The van der Waals surface area contributed by atoms with E-state index in [1.165, 1.54) is 24.3 Å². The van der Waals surface area contributed by atoms with Gasteiger partial charge in [0.15, 0.2) is 0 Å². The van der Waals surface area contributed by atoms with Gasteiger partial charge in [-0.25, -0.2) is 0 Å². The second-order valence-corrected chi connectivity index (χ2v) is 2.62. The molecule has 0 saturated heterocycles. The summed E-state index contributed by atoms with van der Waals surface area (Å²) in [5.74, 6) is -1.52. The van der Waals surface area contributed by atoms with Crippen molar-refractivity contribution in [3.63, 3.8) is 0 Å². The van der Waals surface area contributed by atoms with Gasteiger partial charge in [0.05, 0.1) is 0 Å². The van der Waals surface area contributed by atoms with Crippen molar-refractivity contribution >= 4 is 11.9 Å². The zero-order chi connectivity index (χ0) is 10.6. The van der Waals surface area contributed by atoms with Gasteiger partial charge in [0.1, 0.15) is 12.3 Å². The lowest BCUT2D eigenvalue weighted by molar-refractivity contribution is -0.135. The zero-order valence-corrected chi connectivity index (χ0v) is 7.73. The number of phenols is 1. The number of nitrogens with one attached hydrogen (secondary N) is 1. The van der Waals surface area contributed by atoms with Gasteiger partial charge < -0.3 is 21.0 Å². The number of aromatic hydroxyl groups is 1. The molecule has 0 aliphatic heterocycles. The Bertz CT molecular complexity index is 346. The highest BCUT2D eigenvalue weighted by molar-refractivity contribution is 5.95. The van der Waals surface area contributed by atoms with Crippen LogP contribution >= 0.6 is 0 Å². The second kappa shape index (κ2) is 5.61. The average Bonchev–Trinajstić information content (AvgIpc) is 2.15. The first kappa shape index (κ1) is 12.9. The summed E-state index contributed by atoms with van der Waals surface area (Å²) >= 11 is 0. The topological polar surface area (TPSA) is 118 Å². The molecule has 0 bridgehead atoms. The first-order valence-electron chi connectivity index (χ1n) is 3.88. The van der Waals surface area contributed by atoms with Gasteiger partial charge in [-0.15, -0.1) is 0 Å². The summed E-state index contributed by atoms with van der Waals surface area (Å²) in [6.07, 6.45) is 0. The first-order chi connectivity index (χ1) is 6.59. The molecule has 1 aromatic carbocycles. The summed E-state index contributed by atoms with van der Waals surface area (Å²) in [5.41, 5.74) is 0.309. The van der Waals surface area contributed by atoms with Crippen LogP contribution in [0.25, 0.3) is 0 Å². The van der Waals surface area contributed by atoms with Crippen LogP contribution in [-0.2, 0) is 4.79 Å². The Balaban J connectivity index is 0.00000196. The van der Waals surface area contributed by atoms with Crippen LogP contribution in [-0.4, -0.2) is 34.1 Å². The minimum Gasteiger partial charge on any atom is -0.508 e. The van der Waals surface area contributed by atoms with Gasteiger partial charge in [-0.2, -0.15) is 0 Å². The van der Waals surface area contributed by atoms with Crippen molar-refractivity contribution in [2.45, 2.75) is 0 Å². The number of hydrogen-bond donors (Lipinski definition) is 3. The van der Waals surface area contributed by atoms with Gasteiger partial charge in [-0.05, 0) is 24.3 Å². The summed E-state index contributed by atoms with van der Waals surface area (Å²) < 4.78 is 0. The van der Waals surface area contributed by atoms with Crippen molar-refractivity contribution in [1.82, 2.24) is 5.32 Å². The molecule has 0 aromatic heterocycles. The van der Waals surface area contributed by atoms with Crippen molar-refractivity contribution in [1.29, 1.82) is 0 Å². The van der Waals surface area contributed by atoms with E-state index in [4.69, 9.17) is 10.2 Å². The molecule has 0 heterocycles. The predicted octanol–water partition coefficient (Wildman–Crippen LogP) is -0.618. The van der Waals surface area contributed by atoms with Crippen LogP contribution in [0.4, 0.5) is 0 Å². The van der Waals surface area contributed by atoms with E-state index in [2.05, 4.69) is 5.32 Å². The molecule has 0 saturated carbocycles. The number of carboxylic acid groups (broad SMARTS) is 1. The third-order valence-corrected chi connectivity index (χ3v) is 1.53. The Hall–Kier alpha value is -2.08. The van der Waals surface area contributed by atoms with E-state index in [0.29, 0.717) is 5.56 Å². The number of hydrogen-bond acceptors (Lipinski definition) is 3. The molecule has 82 valence electrons. The SMILES string of the molecule is O.O=C(O)CNC(=O)c1ccc(O)cc1. The van der Waals surface area contributed by atoms with Gasteiger partial charge in [0.25, 0.3) is 5.91 Å². The molecule has 6 heteroatoms. The van der Waals surface area contributed by atoms with E-state index >= 15 is 0 Å². The summed E-state index contributed by atoms with van der Waals surface area (Å²) in [6.45, 7) is -0.417. The fourth-order valence-electron chi connectivity index (χ4n) is 0.871. The third kappa shape index (κ3) is 4.10. The lowest BCUT2D eigenvalue weighted by Gasteiger charge is -2.01. The Kier molecular flexibility index (Phi) is 4.83. The maximum atomic E-state index is 11.2. The van der Waals surface area contributed by atoms with Gasteiger partial charge in [-0.1, -0.05) is 0 Å². The van der Waals surface area contributed by atoms with Crippen molar-refractivity contribution < 1.29 is 25.3 Å². The molecule has 1 amide bonds. The van der Waals surface area contributed by atoms with Crippen LogP contribution in [0.15, 0.2) is 24.3 Å².